The van der Waals surface area contributed by atoms with Gasteiger partial charge in [0.05, 0.1) is 12.4 Å². The molecule has 0 atom stereocenters. The van der Waals surface area contributed by atoms with Crippen molar-refractivity contribution in [3.05, 3.63) is 52.9 Å². The minimum absolute atomic E-state index is 0.152. The molecule has 3 rings (SSSR count). The third-order valence-corrected chi connectivity index (χ3v) is 3.64. The van der Waals surface area contributed by atoms with Crippen molar-refractivity contribution in [1.82, 2.24) is 15.3 Å². The lowest BCUT2D eigenvalue weighted by Crippen LogP contribution is -2.26. The molecular formula is C16H17ClN4O. The number of hydrogen-bond donors (Lipinski definition) is 2. The third-order valence-electron chi connectivity index (χ3n) is 3.41. The summed E-state index contributed by atoms with van der Waals surface area (Å²) in [5.74, 6) is 0.505. The molecule has 2 N–H and O–H groups in total. The van der Waals surface area contributed by atoms with Crippen LogP contribution in [0.15, 0.2) is 36.7 Å². The minimum atomic E-state index is -0.152. The summed E-state index contributed by atoms with van der Waals surface area (Å²) < 4.78 is 0. The molecule has 1 aliphatic carbocycles. The topological polar surface area (TPSA) is 66.9 Å². The predicted octanol–water partition coefficient (Wildman–Crippen LogP) is 2.68. The number of amides is 1. The lowest BCUT2D eigenvalue weighted by Gasteiger charge is -2.07. The van der Waals surface area contributed by atoms with Crippen molar-refractivity contribution >= 4 is 23.3 Å². The second kappa shape index (κ2) is 6.75. The summed E-state index contributed by atoms with van der Waals surface area (Å²) in [6.07, 6.45) is 6.04. The van der Waals surface area contributed by atoms with Gasteiger partial charge in [-0.1, -0.05) is 23.7 Å². The highest BCUT2D eigenvalue weighted by atomic mass is 35.5. The number of nitrogens with one attached hydrogen (secondary N) is 2. The van der Waals surface area contributed by atoms with Gasteiger partial charge in [0.2, 0.25) is 0 Å². The standard InChI is InChI=1S/C16H17ClN4O/c17-12-3-1-2-11(8-12)6-7-18-15-10-19-14(9-20-15)16(22)21-13-4-5-13/h1-3,8-10,13H,4-7H2,(H,18,20)(H,21,22). The van der Waals surface area contributed by atoms with Crippen LogP contribution in [0.3, 0.4) is 0 Å². The summed E-state index contributed by atoms with van der Waals surface area (Å²) in [6.45, 7) is 0.725. The zero-order valence-corrected chi connectivity index (χ0v) is 12.8. The molecule has 1 aliphatic rings. The molecule has 1 amide bonds. The average Bonchev–Trinajstić information content (AvgIpc) is 3.32. The first-order valence-corrected chi connectivity index (χ1v) is 7.70. The molecule has 1 aromatic heterocycles. The molecule has 0 radical (unpaired) electrons. The maximum absolute atomic E-state index is 11.8. The molecule has 2 aromatic rings. The minimum Gasteiger partial charge on any atom is -0.368 e. The van der Waals surface area contributed by atoms with E-state index >= 15 is 0 Å². The number of rotatable bonds is 6. The largest absolute Gasteiger partial charge is 0.368 e. The van der Waals surface area contributed by atoms with Gasteiger partial charge in [0.15, 0.2) is 0 Å². The number of anilines is 1. The maximum atomic E-state index is 11.8. The smallest absolute Gasteiger partial charge is 0.271 e. The highest BCUT2D eigenvalue weighted by Crippen LogP contribution is 2.19. The van der Waals surface area contributed by atoms with Crippen LogP contribution in [0.25, 0.3) is 0 Å². The summed E-state index contributed by atoms with van der Waals surface area (Å²) in [5.41, 5.74) is 1.51. The number of carbonyl (C=O) groups excluding carboxylic acids is 1. The Kier molecular flexibility index (Phi) is 4.53. The van der Waals surface area contributed by atoms with Crippen LogP contribution in [0.1, 0.15) is 28.9 Å². The Morgan fingerprint density at radius 1 is 1.27 bits per heavy atom. The Balaban J connectivity index is 1.49. The zero-order valence-electron chi connectivity index (χ0n) is 12.1. The van der Waals surface area contributed by atoms with Crippen molar-refractivity contribution < 1.29 is 4.79 Å². The fourth-order valence-electron chi connectivity index (χ4n) is 2.05. The molecule has 0 bridgehead atoms. The first kappa shape index (κ1) is 14.8. The first-order valence-electron chi connectivity index (χ1n) is 7.32. The van der Waals surface area contributed by atoms with Crippen LogP contribution < -0.4 is 10.6 Å². The summed E-state index contributed by atoms with van der Waals surface area (Å²) >= 11 is 5.95. The molecule has 0 unspecified atom stereocenters. The second-order valence-electron chi connectivity index (χ2n) is 5.34. The fraction of sp³-hybridized carbons (Fsp3) is 0.312. The van der Waals surface area contributed by atoms with E-state index in [4.69, 9.17) is 11.6 Å². The van der Waals surface area contributed by atoms with Crippen LogP contribution >= 0.6 is 11.6 Å². The van der Waals surface area contributed by atoms with E-state index in [-0.39, 0.29) is 5.91 Å². The summed E-state index contributed by atoms with van der Waals surface area (Å²) in [4.78, 5) is 20.1. The molecule has 0 aliphatic heterocycles. The van der Waals surface area contributed by atoms with E-state index in [2.05, 4.69) is 20.6 Å². The molecule has 1 saturated carbocycles. The predicted molar refractivity (Wildman–Crippen MR) is 86.2 cm³/mol. The van der Waals surface area contributed by atoms with Gasteiger partial charge in [-0.25, -0.2) is 9.97 Å². The van der Waals surface area contributed by atoms with Crippen molar-refractivity contribution in [2.45, 2.75) is 25.3 Å². The summed E-state index contributed by atoms with van der Waals surface area (Å²) in [5, 5.41) is 6.81. The van der Waals surface area contributed by atoms with Crippen LogP contribution in [-0.2, 0) is 6.42 Å². The normalized spacial score (nSPS) is 13.7. The van der Waals surface area contributed by atoms with E-state index in [0.29, 0.717) is 17.6 Å². The van der Waals surface area contributed by atoms with E-state index in [1.54, 1.807) is 6.20 Å². The Hall–Kier alpha value is -2.14. The molecule has 6 heteroatoms. The van der Waals surface area contributed by atoms with E-state index in [0.717, 1.165) is 36.4 Å². The SMILES string of the molecule is O=C(NC1CC1)c1cnc(NCCc2cccc(Cl)c2)cn1. The quantitative estimate of drug-likeness (QED) is 0.860. The highest BCUT2D eigenvalue weighted by Gasteiger charge is 2.24. The molecular weight excluding hydrogens is 300 g/mol. The van der Waals surface area contributed by atoms with Crippen LogP contribution in [-0.4, -0.2) is 28.5 Å². The highest BCUT2D eigenvalue weighted by molar-refractivity contribution is 6.30. The van der Waals surface area contributed by atoms with E-state index in [9.17, 15) is 4.79 Å². The molecule has 114 valence electrons. The number of nitrogens with zero attached hydrogens (tertiary/aromatic N) is 2. The first-order chi connectivity index (χ1) is 10.7. The van der Waals surface area contributed by atoms with Crippen LogP contribution in [0.2, 0.25) is 5.02 Å². The summed E-state index contributed by atoms with van der Waals surface area (Å²) in [6, 6.07) is 8.09. The van der Waals surface area contributed by atoms with Gasteiger partial charge < -0.3 is 10.6 Å². The molecule has 0 saturated heterocycles. The van der Waals surface area contributed by atoms with E-state index < -0.39 is 0 Å². The van der Waals surface area contributed by atoms with Crippen molar-refractivity contribution in [3.8, 4) is 0 Å². The Bertz CT molecular complexity index is 655. The number of carbonyl (C=O) groups is 1. The number of hydrogen-bond acceptors (Lipinski definition) is 4. The Morgan fingerprint density at radius 2 is 2.14 bits per heavy atom. The van der Waals surface area contributed by atoms with Crippen molar-refractivity contribution in [2.75, 3.05) is 11.9 Å². The van der Waals surface area contributed by atoms with Gasteiger partial charge in [-0.15, -0.1) is 0 Å². The van der Waals surface area contributed by atoms with Crippen LogP contribution in [0.4, 0.5) is 5.82 Å². The molecule has 5 nitrogen and oxygen atoms in total. The van der Waals surface area contributed by atoms with Gasteiger partial charge in [-0.2, -0.15) is 0 Å². The van der Waals surface area contributed by atoms with Gasteiger partial charge in [-0.3, -0.25) is 4.79 Å². The van der Waals surface area contributed by atoms with Crippen LogP contribution in [0, 0.1) is 0 Å². The van der Waals surface area contributed by atoms with Crippen LogP contribution in [0.5, 0.6) is 0 Å². The third kappa shape index (κ3) is 4.18. The maximum Gasteiger partial charge on any atom is 0.271 e. The van der Waals surface area contributed by atoms with Gasteiger partial charge in [-0.05, 0) is 37.0 Å². The molecule has 1 heterocycles. The van der Waals surface area contributed by atoms with Crippen molar-refractivity contribution in [1.29, 1.82) is 0 Å². The molecule has 1 fully saturated rings. The lowest BCUT2D eigenvalue weighted by atomic mass is 10.1. The zero-order chi connectivity index (χ0) is 15.4. The molecule has 0 spiro atoms. The average molecular weight is 317 g/mol. The fourth-order valence-corrected chi connectivity index (χ4v) is 2.26. The lowest BCUT2D eigenvalue weighted by molar-refractivity contribution is 0.0945. The van der Waals surface area contributed by atoms with E-state index in [1.807, 2.05) is 24.3 Å². The number of benzene rings is 1. The second-order valence-corrected chi connectivity index (χ2v) is 5.78. The van der Waals surface area contributed by atoms with Gasteiger partial charge in [0.25, 0.3) is 5.91 Å². The van der Waals surface area contributed by atoms with Gasteiger partial charge in [0.1, 0.15) is 11.5 Å². The van der Waals surface area contributed by atoms with Crippen molar-refractivity contribution in [3.63, 3.8) is 0 Å². The Labute approximate surface area is 134 Å². The monoisotopic (exact) mass is 316 g/mol. The van der Waals surface area contributed by atoms with Gasteiger partial charge >= 0.3 is 0 Å². The summed E-state index contributed by atoms with van der Waals surface area (Å²) in [7, 11) is 0. The molecule has 1 aromatic carbocycles. The van der Waals surface area contributed by atoms with Crippen molar-refractivity contribution in [2.24, 2.45) is 0 Å². The molecule has 22 heavy (non-hydrogen) atoms. The van der Waals surface area contributed by atoms with Gasteiger partial charge in [0, 0.05) is 17.6 Å². The number of aromatic nitrogens is 2. The Morgan fingerprint density at radius 3 is 2.82 bits per heavy atom. The number of halogens is 1. The van der Waals surface area contributed by atoms with E-state index in [1.165, 1.54) is 6.20 Å².